The van der Waals surface area contributed by atoms with Crippen molar-refractivity contribution in [3.05, 3.63) is 71.6 Å². The molecule has 0 atom stereocenters. The summed E-state index contributed by atoms with van der Waals surface area (Å²) in [5, 5.41) is 2.78. The number of hydrogen-bond acceptors (Lipinski definition) is 7. The third-order valence-corrected chi connectivity index (χ3v) is 6.38. The Balaban J connectivity index is 1.35. The van der Waals surface area contributed by atoms with Gasteiger partial charge in [-0.25, -0.2) is 22.8 Å². The highest BCUT2D eigenvalue weighted by atomic mass is 32.2. The molecule has 9 heteroatoms. The SMILES string of the molecule is CS(=O)(=O)Cc1ccc(OCCCOc2ncnc3scc(-c4ccc(F)cc4)c23)cc1. The van der Waals surface area contributed by atoms with Gasteiger partial charge in [0.05, 0.1) is 24.4 Å². The lowest BCUT2D eigenvalue weighted by Gasteiger charge is -2.09. The number of benzene rings is 2. The van der Waals surface area contributed by atoms with E-state index in [9.17, 15) is 12.8 Å². The molecule has 0 aliphatic rings. The zero-order valence-electron chi connectivity index (χ0n) is 17.3. The summed E-state index contributed by atoms with van der Waals surface area (Å²) in [6.45, 7) is 0.838. The quantitative estimate of drug-likeness (QED) is 0.323. The highest BCUT2D eigenvalue weighted by molar-refractivity contribution is 7.89. The molecule has 0 N–H and O–H groups in total. The van der Waals surface area contributed by atoms with Crippen LogP contribution >= 0.6 is 11.3 Å². The van der Waals surface area contributed by atoms with E-state index in [-0.39, 0.29) is 11.6 Å². The lowest BCUT2D eigenvalue weighted by molar-refractivity contribution is 0.244. The van der Waals surface area contributed by atoms with Crippen LogP contribution < -0.4 is 9.47 Å². The van der Waals surface area contributed by atoms with Crippen LogP contribution in [0.2, 0.25) is 0 Å². The van der Waals surface area contributed by atoms with Crippen molar-refractivity contribution < 1.29 is 22.3 Å². The van der Waals surface area contributed by atoms with Crippen molar-refractivity contribution in [2.24, 2.45) is 0 Å². The van der Waals surface area contributed by atoms with Crippen LogP contribution in [0.25, 0.3) is 21.3 Å². The van der Waals surface area contributed by atoms with Gasteiger partial charge in [0, 0.05) is 23.6 Å². The monoisotopic (exact) mass is 472 g/mol. The topological polar surface area (TPSA) is 78.4 Å². The molecule has 0 aliphatic carbocycles. The Morgan fingerprint density at radius 1 is 0.969 bits per heavy atom. The number of rotatable bonds is 9. The molecule has 2 heterocycles. The molecule has 6 nitrogen and oxygen atoms in total. The van der Waals surface area contributed by atoms with Crippen molar-refractivity contribution in [1.29, 1.82) is 0 Å². The molecule has 4 aromatic rings. The van der Waals surface area contributed by atoms with Crippen molar-refractivity contribution in [3.63, 3.8) is 0 Å². The molecule has 0 saturated carbocycles. The van der Waals surface area contributed by atoms with Gasteiger partial charge in [-0.05, 0) is 35.4 Å². The van der Waals surface area contributed by atoms with Crippen molar-refractivity contribution in [1.82, 2.24) is 9.97 Å². The van der Waals surface area contributed by atoms with E-state index in [0.717, 1.165) is 26.9 Å². The molecule has 0 bridgehead atoms. The Kier molecular flexibility index (Phi) is 6.66. The lowest BCUT2D eigenvalue weighted by atomic mass is 10.1. The van der Waals surface area contributed by atoms with Crippen molar-refractivity contribution in [2.75, 3.05) is 19.5 Å². The van der Waals surface area contributed by atoms with Crippen LogP contribution in [0.3, 0.4) is 0 Å². The fourth-order valence-electron chi connectivity index (χ4n) is 3.20. The number of fused-ring (bicyclic) bond motifs is 1. The van der Waals surface area contributed by atoms with Gasteiger partial charge >= 0.3 is 0 Å². The average Bonchev–Trinajstić information content (AvgIpc) is 3.19. The van der Waals surface area contributed by atoms with Crippen molar-refractivity contribution in [2.45, 2.75) is 12.2 Å². The Hall–Kier alpha value is -3.04. The standard InChI is InChI=1S/C23H21FN2O4S2/c1-32(27,28)14-16-3-9-19(10-4-16)29-11-2-12-30-22-21-20(13-31-23(21)26-15-25-22)17-5-7-18(24)8-6-17/h3-10,13,15H,2,11-12,14H2,1H3. The number of sulfone groups is 1. The summed E-state index contributed by atoms with van der Waals surface area (Å²) in [4.78, 5) is 9.40. The fraction of sp³-hybridized carbons (Fsp3) is 0.217. The molecule has 0 fully saturated rings. The highest BCUT2D eigenvalue weighted by Gasteiger charge is 2.14. The summed E-state index contributed by atoms with van der Waals surface area (Å²) in [5.74, 6) is 0.881. The molecule has 0 spiro atoms. The first kappa shape index (κ1) is 22.2. The number of aromatic nitrogens is 2. The predicted molar refractivity (Wildman–Crippen MR) is 123 cm³/mol. The van der Waals surface area contributed by atoms with E-state index in [0.29, 0.717) is 31.3 Å². The molecular weight excluding hydrogens is 451 g/mol. The number of nitrogens with zero attached hydrogens (tertiary/aromatic N) is 2. The van der Waals surface area contributed by atoms with Gasteiger partial charge in [0.1, 0.15) is 22.7 Å². The lowest BCUT2D eigenvalue weighted by Crippen LogP contribution is -2.06. The minimum Gasteiger partial charge on any atom is -0.493 e. The maximum absolute atomic E-state index is 13.3. The average molecular weight is 473 g/mol. The van der Waals surface area contributed by atoms with Crippen LogP contribution in [0.15, 0.2) is 60.2 Å². The number of hydrogen-bond donors (Lipinski definition) is 0. The van der Waals surface area contributed by atoms with Crippen LogP contribution in [0.4, 0.5) is 4.39 Å². The number of halogens is 1. The van der Waals surface area contributed by atoms with E-state index in [2.05, 4.69) is 9.97 Å². The minimum atomic E-state index is -3.06. The Bertz CT molecular complexity index is 1300. The van der Waals surface area contributed by atoms with Crippen LogP contribution in [-0.2, 0) is 15.6 Å². The second kappa shape index (κ2) is 9.62. The molecule has 2 aromatic heterocycles. The van der Waals surface area contributed by atoms with Gasteiger partial charge in [0.15, 0.2) is 9.84 Å². The molecule has 32 heavy (non-hydrogen) atoms. The molecular formula is C23H21FN2O4S2. The third kappa shape index (κ3) is 5.60. The van der Waals surface area contributed by atoms with Gasteiger partial charge in [-0.15, -0.1) is 11.3 Å². The van der Waals surface area contributed by atoms with Crippen molar-refractivity contribution in [3.8, 4) is 22.8 Å². The largest absolute Gasteiger partial charge is 0.493 e. The van der Waals surface area contributed by atoms with Gasteiger partial charge in [0.25, 0.3) is 0 Å². The Morgan fingerprint density at radius 2 is 1.69 bits per heavy atom. The van der Waals surface area contributed by atoms with E-state index in [1.165, 1.54) is 36.1 Å². The summed E-state index contributed by atoms with van der Waals surface area (Å²) in [6, 6.07) is 13.3. The Morgan fingerprint density at radius 3 is 2.41 bits per heavy atom. The normalized spacial score (nSPS) is 11.6. The van der Waals surface area contributed by atoms with Gasteiger partial charge in [-0.2, -0.15) is 0 Å². The first-order valence-corrected chi connectivity index (χ1v) is 12.8. The molecule has 0 aliphatic heterocycles. The number of ether oxygens (including phenoxy) is 2. The molecule has 0 amide bonds. The van der Waals surface area contributed by atoms with Crippen LogP contribution in [0, 0.1) is 5.82 Å². The van der Waals surface area contributed by atoms with E-state index < -0.39 is 9.84 Å². The minimum absolute atomic E-state index is 0.0109. The van der Waals surface area contributed by atoms with E-state index >= 15 is 0 Å². The second-order valence-corrected chi connectivity index (χ2v) is 10.3. The van der Waals surface area contributed by atoms with E-state index in [1.54, 1.807) is 36.4 Å². The molecule has 0 unspecified atom stereocenters. The van der Waals surface area contributed by atoms with Crippen LogP contribution in [-0.4, -0.2) is 37.9 Å². The first-order chi connectivity index (χ1) is 15.4. The molecule has 166 valence electrons. The Labute approximate surface area is 189 Å². The maximum Gasteiger partial charge on any atom is 0.225 e. The number of thiophene rings is 1. The summed E-state index contributed by atoms with van der Waals surface area (Å²) < 4.78 is 47.6. The van der Waals surface area contributed by atoms with Gasteiger partial charge in [-0.1, -0.05) is 24.3 Å². The van der Waals surface area contributed by atoms with E-state index in [4.69, 9.17) is 9.47 Å². The predicted octanol–water partition coefficient (Wildman–Crippen LogP) is 4.89. The summed E-state index contributed by atoms with van der Waals surface area (Å²) in [5.41, 5.74) is 2.51. The smallest absolute Gasteiger partial charge is 0.225 e. The highest BCUT2D eigenvalue weighted by Crippen LogP contribution is 2.37. The second-order valence-electron chi connectivity index (χ2n) is 7.28. The fourth-order valence-corrected chi connectivity index (χ4v) is 4.91. The first-order valence-electron chi connectivity index (χ1n) is 9.89. The van der Waals surface area contributed by atoms with Crippen molar-refractivity contribution >= 4 is 31.4 Å². The zero-order chi connectivity index (χ0) is 22.6. The maximum atomic E-state index is 13.3. The van der Waals surface area contributed by atoms with Gasteiger partial charge in [-0.3, -0.25) is 0 Å². The van der Waals surface area contributed by atoms with E-state index in [1.807, 2.05) is 5.38 Å². The summed E-state index contributed by atoms with van der Waals surface area (Å²) in [7, 11) is -3.06. The zero-order valence-corrected chi connectivity index (χ0v) is 19.0. The van der Waals surface area contributed by atoms with Crippen LogP contribution in [0.5, 0.6) is 11.6 Å². The van der Waals surface area contributed by atoms with Gasteiger partial charge < -0.3 is 9.47 Å². The summed E-state index contributed by atoms with van der Waals surface area (Å²) in [6.07, 6.45) is 3.31. The molecule has 4 rings (SSSR count). The van der Waals surface area contributed by atoms with Gasteiger partial charge in [0.2, 0.25) is 5.88 Å². The summed E-state index contributed by atoms with van der Waals surface area (Å²) >= 11 is 1.49. The molecule has 2 aromatic carbocycles. The van der Waals surface area contributed by atoms with Crippen LogP contribution in [0.1, 0.15) is 12.0 Å². The molecule has 0 saturated heterocycles. The molecule has 0 radical (unpaired) electrons. The third-order valence-electron chi connectivity index (χ3n) is 4.64.